The van der Waals surface area contributed by atoms with E-state index in [-0.39, 0.29) is 0 Å². The Kier molecular flexibility index (Phi) is 3.92. The molecule has 2 amide bonds. The van der Waals surface area contributed by atoms with E-state index in [0.29, 0.717) is 18.4 Å². The van der Waals surface area contributed by atoms with Crippen LogP contribution in [0.3, 0.4) is 0 Å². The fourth-order valence-corrected chi connectivity index (χ4v) is 2.28. The van der Waals surface area contributed by atoms with E-state index in [2.05, 4.69) is 10.6 Å². The Balaban J connectivity index is 1.98. The van der Waals surface area contributed by atoms with Crippen LogP contribution in [-0.4, -0.2) is 22.6 Å². The fraction of sp³-hybridized carbons (Fsp3) is 0.429. The van der Waals surface area contributed by atoms with Gasteiger partial charge in [0.15, 0.2) is 0 Å². The summed E-state index contributed by atoms with van der Waals surface area (Å²) in [6.45, 7) is 1.65. The van der Waals surface area contributed by atoms with E-state index in [1.165, 1.54) is 6.07 Å². The van der Waals surface area contributed by atoms with Gasteiger partial charge in [0.25, 0.3) is 0 Å². The van der Waals surface area contributed by atoms with Gasteiger partial charge in [-0.15, -0.1) is 0 Å². The molecule has 1 aromatic rings. The zero-order valence-corrected chi connectivity index (χ0v) is 11.1. The number of carbonyl (C=O) groups is 2. The topological polar surface area (TPSA) is 78.4 Å². The molecule has 0 heterocycles. The van der Waals surface area contributed by atoms with Gasteiger partial charge in [-0.05, 0) is 32.3 Å². The lowest BCUT2D eigenvalue weighted by molar-refractivity contribution is -0.148. The first kappa shape index (κ1) is 14.3. The number of carboxylic acid groups (broad SMARTS) is 1. The fourth-order valence-electron chi connectivity index (χ4n) is 2.28. The first-order chi connectivity index (χ1) is 9.44. The van der Waals surface area contributed by atoms with Crippen LogP contribution in [0.1, 0.15) is 37.8 Å². The van der Waals surface area contributed by atoms with Crippen LogP contribution in [0.5, 0.6) is 0 Å². The van der Waals surface area contributed by atoms with Crippen molar-refractivity contribution in [3.05, 3.63) is 35.6 Å². The molecule has 20 heavy (non-hydrogen) atoms. The van der Waals surface area contributed by atoms with Crippen molar-refractivity contribution >= 4 is 12.0 Å². The Morgan fingerprint density at radius 1 is 1.35 bits per heavy atom. The van der Waals surface area contributed by atoms with Gasteiger partial charge in [-0.1, -0.05) is 18.2 Å². The molecule has 1 aliphatic carbocycles. The minimum atomic E-state index is -1.17. The Labute approximate surface area is 116 Å². The minimum Gasteiger partial charge on any atom is -0.480 e. The Bertz CT molecular complexity index is 529. The van der Waals surface area contributed by atoms with Gasteiger partial charge in [0.2, 0.25) is 0 Å². The first-order valence-corrected chi connectivity index (χ1v) is 6.51. The number of carbonyl (C=O) groups excluding carboxylic acids is 1. The summed E-state index contributed by atoms with van der Waals surface area (Å²) in [4.78, 5) is 23.0. The first-order valence-electron chi connectivity index (χ1n) is 6.51. The summed E-state index contributed by atoms with van der Waals surface area (Å²) >= 11 is 0. The zero-order valence-electron chi connectivity index (χ0n) is 11.1. The summed E-state index contributed by atoms with van der Waals surface area (Å²) in [5.74, 6) is -1.44. The molecule has 0 spiro atoms. The van der Waals surface area contributed by atoms with Gasteiger partial charge in [-0.25, -0.2) is 14.0 Å². The summed E-state index contributed by atoms with van der Waals surface area (Å²) in [5.41, 5.74) is -0.806. The molecule has 1 aliphatic rings. The third-order valence-corrected chi connectivity index (χ3v) is 3.69. The van der Waals surface area contributed by atoms with Crippen molar-refractivity contribution in [2.24, 2.45) is 0 Å². The second-order valence-corrected chi connectivity index (χ2v) is 5.08. The van der Waals surface area contributed by atoms with Gasteiger partial charge in [-0.3, -0.25) is 0 Å². The number of rotatable bonds is 4. The number of aliphatic carboxylic acids is 1. The van der Waals surface area contributed by atoms with Crippen LogP contribution < -0.4 is 10.6 Å². The van der Waals surface area contributed by atoms with Gasteiger partial charge < -0.3 is 15.7 Å². The van der Waals surface area contributed by atoms with E-state index in [1.54, 1.807) is 25.1 Å². The van der Waals surface area contributed by atoms with Crippen LogP contribution in [0.4, 0.5) is 9.18 Å². The van der Waals surface area contributed by atoms with Crippen LogP contribution in [0.2, 0.25) is 0 Å². The Morgan fingerprint density at radius 3 is 2.50 bits per heavy atom. The predicted molar refractivity (Wildman–Crippen MR) is 70.7 cm³/mol. The molecule has 3 N–H and O–H groups in total. The maximum Gasteiger partial charge on any atom is 0.329 e. The van der Waals surface area contributed by atoms with E-state index in [4.69, 9.17) is 5.11 Å². The molecular weight excluding hydrogens is 263 g/mol. The van der Waals surface area contributed by atoms with E-state index in [1.807, 2.05) is 0 Å². The lowest BCUT2D eigenvalue weighted by Crippen LogP contribution is -2.61. The molecule has 6 heteroatoms. The highest BCUT2D eigenvalue weighted by Gasteiger charge is 2.45. The molecule has 0 aromatic heterocycles. The van der Waals surface area contributed by atoms with E-state index in [9.17, 15) is 14.0 Å². The highest BCUT2D eigenvalue weighted by Crippen LogP contribution is 2.32. The van der Waals surface area contributed by atoms with Crippen LogP contribution in [0.15, 0.2) is 24.3 Å². The highest BCUT2D eigenvalue weighted by atomic mass is 19.1. The highest BCUT2D eigenvalue weighted by molar-refractivity contribution is 5.87. The number of nitrogens with one attached hydrogen (secondary N) is 2. The van der Waals surface area contributed by atoms with Crippen molar-refractivity contribution in [1.29, 1.82) is 0 Å². The summed E-state index contributed by atoms with van der Waals surface area (Å²) in [7, 11) is 0. The number of hydrogen-bond acceptors (Lipinski definition) is 2. The Hall–Kier alpha value is -2.11. The van der Waals surface area contributed by atoms with Crippen molar-refractivity contribution in [1.82, 2.24) is 10.6 Å². The zero-order chi connectivity index (χ0) is 14.8. The maximum atomic E-state index is 13.6. The summed E-state index contributed by atoms with van der Waals surface area (Å²) in [5, 5.41) is 14.2. The van der Waals surface area contributed by atoms with Crippen molar-refractivity contribution in [3.63, 3.8) is 0 Å². The lowest BCUT2D eigenvalue weighted by Gasteiger charge is -2.38. The summed E-state index contributed by atoms with van der Waals surface area (Å²) in [6, 6.07) is 5.01. The van der Waals surface area contributed by atoms with Crippen molar-refractivity contribution < 1.29 is 19.1 Å². The second kappa shape index (κ2) is 5.48. The maximum absolute atomic E-state index is 13.6. The molecule has 1 fully saturated rings. The summed E-state index contributed by atoms with van der Waals surface area (Å²) in [6.07, 6.45) is 1.61. The molecule has 1 saturated carbocycles. The predicted octanol–water partition coefficient (Wildman–Crippen LogP) is 2.19. The average Bonchev–Trinajstić information content (AvgIpc) is 2.33. The lowest BCUT2D eigenvalue weighted by atomic mass is 9.77. The van der Waals surface area contributed by atoms with E-state index in [0.717, 1.165) is 6.42 Å². The molecule has 108 valence electrons. The quantitative estimate of drug-likeness (QED) is 0.791. The van der Waals surface area contributed by atoms with Crippen LogP contribution in [-0.2, 0) is 4.79 Å². The van der Waals surface area contributed by atoms with Gasteiger partial charge >= 0.3 is 12.0 Å². The van der Waals surface area contributed by atoms with Crippen molar-refractivity contribution in [3.8, 4) is 0 Å². The third kappa shape index (κ3) is 2.74. The van der Waals surface area contributed by atoms with Crippen LogP contribution in [0, 0.1) is 5.82 Å². The molecule has 5 nitrogen and oxygen atoms in total. The number of amides is 2. The molecule has 2 rings (SSSR count). The van der Waals surface area contributed by atoms with E-state index >= 15 is 0 Å². The SMILES string of the molecule is CC(NC(=O)NC1(C(=O)O)CCC1)c1ccccc1F. The number of hydrogen-bond donors (Lipinski definition) is 3. The third-order valence-electron chi connectivity index (χ3n) is 3.69. The van der Waals surface area contributed by atoms with Crippen molar-refractivity contribution in [2.75, 3.05) is 0 Å². The number of halogens is 1. The van der Waals surface area contributed by atoms with Gasteiger partial charge in [0, 0.05) is 5.56 Å². The van der Waals surface area contributed by atoms with Gasteiger partial charge in [-0.2, -0.15) is 0 Å². The van der Waals surface area contributed by atoms with Gasteiger partial charge in [0.05, 0.1) is 6.04 Å². The second-order valence-electron chi connectivity index (χ2n) is 5.08. The number of urea groups is 1. The molecule has 0 radical (unpaired) electrons. The monoisotopic (exact) mass is 280 g/mol. The molecule has 0 saturated heterocycles. The number of carboxylic acids is 1. The molecular formula is C14H17FN2O3. The molecule has 0 bridgehead atoms. The smallest absolute Gasteiger partial charge is 0.329 e. The normalized spacial score (nSPS) is 17.7. The van der Waals surface area contributed by atoms with E-state index < -0.39 is 29.4 Å². The van der Waals surface area contributed by atoms with Gasteiger partial charge in [0.1, 0.15) is 11.4 Å². The molecule has 1 atom stereocenters. The summed E-state index contributed by atoms with van der Waals surface area (Å²) < 4.78 is 13.6. The standard InChI is InChI=1S/C14H17FN2O3/c1-9(10-5-2-3-6-11(10)15)16-13(20)17-14(12(18)19)7-4-8-14/h2-3,5-6,9H,4,7-8H2,1H3,(H,18,19)(H2,16,17,20). The Morgan fingerprint density at radius 2 is 2.00 bits per heavy atom. The largest absolute Gasteiger partial charge is 0.480 e. The average molecular weight is 280 g/mol. The molecule has 0 aliphatic heterocycles. The van der Waals surface area contributed by atoms with Crippen LogP contribution in [0.25, 0.3) is 0 Å². The minimum absolute atomic E-state index is 0.362. The number of benzene rings is 1. The molecule has 1 aromatic carbocycles. The van der Waals surface area contributed by atoms with Crippen molar-refractivity contribution in [2.45, 2.75) is 37.8 Å². The molecule has 1 unspecified atom stereocenters. The van der Waals surface area contributed by atoms with Crippen LogP contribution >= 0.6 is 0 Å².